The predicted molar refractivity (Wildman–Crippen MR) is 84.3 cm³/mol. The Hall–Kier alpha value is -0.260. The third-order valence-corrected chi connectivity index (χ3v) is 1.41. The molecule has 0 aliphatic rings. The fourth-order valence-electron chi connectivity index (χ4n) is 0.707. The minimum Gasteiger partial charge on any atom is -0.106 e. The normalized spacial score (nSPS) is 6.25. The third kappa shape index (κ3) is 159. The zero-order chi connectivity index (χ0) is 14.2. The van der Waals surface area contributed by atoms with Gasteiger partial charge in [0.25, 0.3) is 0 Å². The molecule has 0 aromatic rings. The van der Waals surface area contributed by atoms with E-state index in [2.05, 4.69) is 40.9 Å². The Kier molecular flexibility index (Phi) is 157. The average molecular weight is 232 g/mol. The molecular weight excluding hydrogens is 192 g/mol. The molecule has 0 spiro atoms. The molecule has 0 atom stereocenters. The van der Waals surface area contributed by atoms with E-state index in [4.69, 9.17) is 0 Å². The smallest absolute Gasteiger partial charge is 0.0538 e. The molecule has 0 heterocycles. The lowest BCUT2D eigenvalue weighted by atomic mass is 10.3. The van der Waals surface area contributed by atoms with Crippen LogP contribution in [0.1, 0.15) is 93.9 Å². The molecule has 0 aromatic carbocycles. The molecule has 0 bridgehead atoms. The molecule has 0 saturated heterocycles. The van der Waals surface area contributed by atoms with Crippen molar-refractivity contribution in [2.75, 3.05) is 0 Å². The maximum absolute atomic E-state index is 3.00. The molecule has 104 valence electrons. The van der Waals surface area contributed by atoms with E-state index in [0.717, 1.165) is 0 Å². The molecule has 0 N–H and O–H groups in total. The van der Waals surface area contributed by atoms with E-state index < -0.39 is 0 Å². The largest absolute Gasteiger partial charge is 0.106 e. The van der Waals surface area contributed by atoms with Gasteiger partial charge in [-0.2, -0.15) is 0 Å². The summed E-state index contributed by atoms with van der Waals surface area (Å²) >= 11 is 0. The molecule has 0 rings (SSSR count). The van der Waals surface area contributed by atoms with E-state index in [9.17, 15) is 0 Å². The van der Waals surface area contributed by atoms with Gasteiger partial charge < -0.3 is 0 Å². The van der Waals surface area contributed by atoms with Gasteiger partial charge in [-0.25, -0.2) is 0 Å². The van der Waals surface area contributed by atoms with Gasteiger partial charge in [0.15, 0.2) is 0 Å². The fourth-order valence-corrected chi connectivity index (χ4v) is 0.707. The summed E-state index contributed by atoms with van der Waals surface area (Å²) in [6.07, 6.45) is 8.15. The number of unbranched alkanes of at least 4 members (excludes halogenated alkanes) is 4. The summed E-state index contributed by atoms with van der Waals surface area (Å²) in [5.74, 6) is 0. The Morgan fingerprint density at radius 2 is 0.625 bits per heavy atom. The van der Waals surface area contributed by atoms with Crippen molar-refractivity contribution in [1.82, 2.24) is 0 Å². The number of hydrogen-bond acceptors (Lipinski definition) is 0. The van der Waals surface area contributed by atoms with Crippen molar-refractivity contribution in [3.63, 3.8) is 0 Å². The lowest BCUT2D eigenvalue weighted by molar-refractivity contribution is 0.772. The minimum absolute atomic E-state index is 1.34. The van der Waals surface area contributed by atoms with Gasteiger partial charge in [-0.05, 0) is 0 Å². The van der Waals surface area contributed by atoms with Gasteiger partial charge in [-0.1, -0.05) is 93.9 Å². The molecule has 0 radical (unpaired) electrons. The quantitative estimate of drug-likeness (QED) is 0.448. The standard InChI is InChI=1S/2C5H12.2C2H6.C2H4/c2*1-3-5-4-2;3*1-2/h2*3-5H2,1-2H3;2*1-2H3;1-2H2. The summed E-state index contributed by atoms with van der Waals surface area (Å²) in [5.41, 5.74) is 0. The summed E-state index contributed by atoms with van der Waals surface area (Å²) in [5, 5.41) is 0. The molecule has 0 nitrogen and oxygen atoms in total. The van der Waals surface area contributed by atoms with Crippen molar-refractivity contribution in [2.24, 2.45) is 0 Å². The first-order chi connectivity index (χ1) is 7.83. The summed E-state index contributed by atoms with van der Waals surface area (Å²) in [6.45, 7) is 22.8. The van der Waals surface area contributed by atoms with Gasteiger partial charge in [-0.15, -0.1) is 13.2 Å². The highest BCUT2D eigenvalue weighted by Gasteiger charge is 1.68. The zero-order valence-corrected chi connectivity index (χ0v) is 13.7. The fraction of sp³-hybridized carbons (Fsp3) is 0.875. The SMILES string of the molecule is C=C.CC.CC.CCCCC.CCCCC. The topological polar surface area (TPSA) is 0 Å². The highest BCUT2D eigenvalue weighted by molar-refractivity contribution is 4.24. The van der Waals surface area contributed by atoms with E-state index >= 15 is 0 Å². The van der Waals surface area contributed by atoms with Crippen molar-refractivity contribution >= 4 is 0 Å². The molecule has 0 aliphatic carbocycles. The van der Waals surface area contributed by atoms with Crippen molar-refractivity contribution in [3.05, 3.63) is 13.2 Å². The number of hydrogen-bond donors (Lipinski definition) is 0. The Balaban J connectivity index is -0.0000000345. The van der Waals surface area contributed by atoms with Crippen LogP contribution in [0.3, 0.4) is 0 Å². The predicted octanol–water partition coefficient (Wildman–Crippen LogP) is 7.25. The van der Waals surface area contributed by atoms with Crippen LogP contribution in [-0.4, -0.2) is 0 Å². The molecule has 0 amide bonds. The van der Waals surface area contributed by atoms with Crippen molar-refractivity contribution < 1.29 is 0 Å². The highest BCUT2D eigenvalue weighted by atomic mass is 13.7. The highest BCUT2D eigenvalue weighted by Crippen LogP contribution is 1.88. The maximum atomic E-state index is 3.00. The second-order valence-corrected chi connectivity index (χ2v) is 2.71. The Morgan fingerprint density at radius 1 is 0.500 bits per heavy atom. The van der Waals surface area contributed by atoms with Crippen molar-refractivity contribution in [2.45, 2.75) is 93.9 Å². The van der Waals surface area contributed by atoms with E-state index in [1.165, 1.54) is 38.5 Å². The molecule has 0 unspecified atom stereocenters. The van der Waals surface area contributed by atoms with Crippen LogP contribution >= 0.6 is 0 Å². The summed E-state index contributed by atoms with van der Waals surface area (Å²) < 4.78 is 0. The third-order valence-electron chi connectivity index (χ3n) is 1.41. The van der Waals surface area contributed by atoms with Crippen molar-refractivity contribution in [1.29, 1.82) is 0 Å². The van der Waals surface area contributed by atoms with E-state index in [0.29, 0.717) is 0 Å². The van der Waals surface area contributed by atoms with Crippen LogP contribution < -0.4 is 0 Å². The van der Waals surface area contributed by atoms with Crippen LogP contribution in [0.15, 0.2) is 13.2 Å². The Labute approximate surface area is 108 Å². The molecule has 0 fully saturated rings. The first-order valence-electron chi connectivity index (χ1n) is 7.33. The van der Waals surface area contributed by atoms with Crippen LogP contribution in [0.2, 0.25) is 0 Å². The first kappa shape index (κ1) is 29.6. The van der Waals surface area contributed by atoms with Crippen LogP contribution in [0.5, 0.6) is 0 Å². The van der Waals surface area contributed by atoms with Gasteiger partial charge in [0.2, 0.25) is 0 Å². The zero-order valence-electron chi connectivity index (χ0n) is 13.7. The van der Waals surface area contributed by atoms with Gasteiger partial charge in [0.05, 0.1) is 0 Å². The lowest BCUT2D eigenvalue weighted by Crippen LogP contribution is -1.59. The monoisotopic (exact) mass is 232 g/mol. The molecule has 0 aliphatic heterocycles. The van der Waals surface area contributed by atoms with E-state index in [1.54, 1.807) is 0 Å². The van der Waals surface area contributed by atoms with Gasteiger partial charge in [0, 0.05) is 0 Å². The van der Waals surface area contributed by atoms with Gasteiger partial charge in [0.1, 0.15) is 0 Å². The molecule has 0 aromatic heterocycles. The maximum Gasteiger partial charge on any atom is -0.0538 e. The summed E-state index contributed by atoms with van der Waals surface area (Å²) in [4.78, 5) is 0. The molecule has 0 heteroatoms. The van der Waals surface area contributed by atoms with Gasteiger partial charge >= 0.3 is 0 Å². The van der Waals surface area contributed by atoms with E-state index in [-0.39, 0.29) is 0 Å². The second kappa shape index (κ2) is 84.5. The van der Waals surface area contributed by atoms with Crippen molar-refractivity contribution in [3.8, 4) is 0 Å². The number of rotatable bonds is 4. The first-order valence-corrected chi connectivity index (χ1v) is 7.33. The molecular formula is C16H40. The Morgan fingerprint density at radius 3 is 0.625 bits per heavy atom. The molecule has 16 heavy (non-hydrogen) atoms. The van der Waals surface area contributed by atoms with Crippen LogP contribution in [0.25, 0.3) is 0 Å². The van der Waals surface area contributed by atoms with E-state index in [1.807, 2.05) is 27.7 Å². The Bertz CT molecular complexity index is 29.3. The lowest BCUT2D eigenvalue weighted by Gasteiger charge is -1.79. The van der Waals surface area contributed by atoms with Crippen LogP contribution in [-0.2, 0) is 0 Å². The minimum atomic E-state index is 1.34. The van der Waals surface area contributed by atoms with Crippen LogP contribution in [0.4, 0.5) is 0 Å². The summed E-state index contributed by atoms with van der Waals surface area (Å²) in [6, 6.07) is 0. The van der Waals surface area contributed by atoms with Gasteiger partial charge in [-0.3, -0.25) is 0 Å². The van der Waals surface area contributed by atoms with Crippen LogP contribution in [0, 0.1) is 0 Å². The average Bonchev–Trinajstić information content (AvgIpc) is 2.39. The molecule has 0 saturated carbocycles. The summed E-state index contributed by atoms with van der Waals surface area (Å²) in [7, 11) is 0. The second-order valence-electron chi connectivity index (χ2n) is 2.71.